The molecule has 6 nitrogen and oxygen atoms in total. The summed E-state index contributed by atoms with van der Waals surface area (Å²) in [6.45, 7) is 2.00. The van der Waals surface area contributed by atoms with E-state index in [1.807, 2.05) is 95.9 Å². The van der Waals surface area contributed by atoms with Crippen molar-refractivity contribution < 1.29 is 14.3 Å². The molecule has 1 aliphatic heterocycles. The van der Waals surface area contributed by atoms with Crippen LogP contribution in [0.15, 0.2) is 91.0 Å². The summed E-state index contributed by atoms with van der Waals surface area (Å²) in [4.78, 5) is 27.0. The maximum atomic E-state index is 12.7. The summed E-state index contributed by atoms with van der Waals surface area (Å²) in [5.74, 6) is 1.04. The Morgan fingerprint density at radius 2 is 1.35 bits per heavy atom. The number of likely N-dealkylation sites (tertiary alicyclic amines) is 1. The van der Waals surface area contributed by atoms with Crippen LogP contribution in [0.5, 0.6) is 5.75 Å². The minimum Gasteiger partial charge on any atom is -0.484 e. The lowest BCUT2D eigenvalue weighted by molar-refractivity contribution is -0.134. The molecule has 0 aromatic heterocycles. The van der Waals surface area contributed by atoms with E-state index in [1.54, 1.807) is 0 Å². The second kappa shape index (κ2) is 11.9. The number of nitrogens with one attached hydrogen (secondary N) is 2. The standard InChI is InChI=1S/C28H31N3O3/c32-26(21-34-25-14-8-3-9-15-25)31-18-16-22(17-19-31)20-29-28(33)30-27(23-10-4-1-5-11-23)24-12-6-2-7-13-24/h1-15,22,27H,16-21H2,(H2,29,30,33). The van der Waals surface area contributed by atoms with Crippen LogP contribution in [-0.4, -0.2) is 43.1 Å². The first-order chi connectivity index (χ1) is 16.7. The highest BCUT2D eigenvalue weighted by Crippen LogP contribution is 2.22. The Morgan fingerprint density at radius 3 is 1.91 bits per heavy atom. The van der Waals surface area contributed by atoms with Gasteiger partial charge >= 0.3 is 6.03 Å². The number of benzene rings is 3. The molecule has 3 amide bonds. The number of piperidine rings is 1. The molecule has 176 valence electrons. The van der Waals surface area contributed by atoms with Gasteiger partial charge in [0.1, 0.15) is 5.75 Å². The molecular weight excluding hydrogens is 426 g/mol. The van der Waals surface area contributed by atoms with Gasteiger partial charge in [0.15, 0.2) is 6.61 Å². The smallest absolute Gasteiger partial charge is 0.315 e. The van der Waals surface area contributed by atoms with Gasteiger partial charge in [0, 0.05) is 19.6 Å². The molecule has 0 bridgehead atoms. The van der Waals surface area contributed by atoms with Gasteiger partial charge < -0.3 is 20.3 Å². The van der Waals surface area contributed by atoms with Crippen LogP contribution in [0, 0.1) is 5.92 Å². The first kappa shape index (κ1) is 23.4. The number of carbonyl (C=O) groups excluding carboxylic acids is 2. The third kappa shape index (κ3) is 6.61. The Hall–Kier alpha value is -3.80. The molecule has 0 radical (unpaired) electrons. The summed E-state index contributed by atoms with van der Waals surface area (Å²) in [6, 6.07) is 28.9. The van der Waals surface area contributed by atoms with E-state index >= 15 is 0 Å². The van der Waals surface area contributed by atoms with Gasteiger partial charge in [0.2, 0.25) is 0 Å². The number of amides is 3. The van der Waals surface area contributed by atoms with Crippen LogP contribution >= 0.6 is 0 Å². The number of carbonyl (C=O) groups is 2. The van der Waals surface area contributed by atoms with Crippen molar-refractivity contribution in [3.05, 3.63) is 102 Å². The fourth-order valence-electron chi connectivity index (χ4n) is 4.21. The SMILES string of the molecule is O=C(NCC1CCN(C(=O)COc2ccccc2)CC1)NC(c1ccccc1)c1ccccc1. The average molecular weight is 458 g/mol. The Balaban J connectivity index is 1.22. The molecule has 4 rings (SSSR count). The zero-order valence-electron chi connectivity index (χ0n) is 19.2. The lowest BCUT2D eigenvalue weighted by Crippen LogP contribution is -2.45. The average Bonchev–Trinajstić information content (AvgIpc) is 2.91. The van der Waals surface area contributed by atoms with Gasteiger partial charge in [0.05, 0.1) is 6.04 Å². The van der Waals surface area contributed by atoms with Crippen LogP contribution in [0.3, 0.4) is 0 Å². The Morgan fingerprint density at radius 1 is 0.824 bits per heavy atom. The highest BCUT2D eigenvalue weighted by Gasteiger charge is 2.24. The van der Waals surface area contributed by atoms with E-state index in [-0.39, 0.29) is 24.6 Å². The lowest BCUT2D eigenvalue weighted by Gasteiger charge is -2.32. The van der Waals surface area contributed by atoms with Crippen molar-refractivity contribution in [2.75, 3.05) is 26.2 Å². The van der Waals surface area contributed by atoms with Gasteiger partial charge in [-0.25, -0.2) is 4.79 Å². The molecule has 0 atom stereocenters. The number of para-hydroxylation sites is 1. The molecule has 0 spiro atoms. The first-order valence-corrected chi connectivity index (χ1v) is 11.8. The third-order valence-electron chi connectivity index (χ3n) is 6.17. The number of urea groups is 1. The second-order valence-electron chi connectivity index (χ2n) is 8.53. The zero-order valence-corrected chi connectivity index (χ0v) is 19.2. The molecule has 0 aliphatic carbocycles. The predicted molar refractivity (Wildman–Crippen MR) is 133 cm³/mol. The molecule has 34 heavy (non-hydrogen) atoms. The summed E-state index contributed by atoms with van der Waals surface area (Å²) in [5, 5.41) is 6.15. The van der Waals surface area contributed by atoms with Gasteiger partial charge in [-0.2, -0.15) is 0 Å². The molecule has 3 aromatic rings. The van der Waals surface area contributed by atoms with Gasteiger partial charge in [-0.05, 0) is 42.0 Å². The predicted octanol–water partition coefficient (Wildman–Crippen LogP) is 4.39. The second-order valence-corrected chi connectivity index (χ2v) is 8.53. The molecule has 1 fully saturated rings. The molecule has 1 heterocycles. The van der Waals surface area contributed by atoms with Crippen LogP contribution in [0.25, 0.3) is 0 Å². The fourth-order valence-corrected chi connectivity index (χ4v) is 4.21. The largest absolute Gasteiger partial charge is 0.484 e. The van der Waals surface area contributed by atoms with Crippen molar-refractivity contribution in [2.24, 2.45) is 5.92 Å². The van der Waals surface area contributed by atoms with Crippen molar-refractivity contribution in [1.82, 2.24) is 15.5 Å². The van der Waals surface area contributed by atoms with E-state index in [0.717, 1.165) is 24.0 Å². The third-order valence-corrected chi connectivity index (χ3v) is 6.17. The Bertz CT molecular complexity index is 997. The molecule has 1 aliphatic rings. The molecule has 6 heteroatoms. The van der Waals surface area contributed by atoms with Crippen molar-refractivity contribution >= 4 is 11.9 Å². The minimum atomic E-state index is -0.216. The van der Waals surface area contributed by atoms with E-state index in [9.17, 15) is 9.59 Å². The van der Waals surface area contributed by atoms with E-state index in [4.69, 9.17) is 4.74 Å². The monoisotopic (exact) mass is 457 g/mol. The van der Waals surface area contributed by atoms with Crippen LogP contribution in [0.2, 0.25) is 0 Å². The summed E-state index contributed by atoms with van der Waals surface area (Å²) in [6.07, 6.45) is 1.72. The van der Waals surface area contributed by atoms with Crippen LogP contribution in [0.4, 0.5) is 4.79 Å². The quantitative estimate of drug-likeness (QED) is 0.527. The van der Waals surface area contributed by atoms with Gasteiger partial charge in [-0.15, -0.1) is 0 Å². The van der Waals surface area contributed by atoms with Gasteiger partial charge in [0.25, 0.3) is 5.91 Å². The molecule has 1 saturated heterocycles. The van der Waals surface area contributed by atoms with Gasteiger partial charge in [-0.1, -0.05) is 78.9 Å². The highest BCUT2D eigenvalue weighted by atomic mass is 16.5. The van der Waals surface area contributed by atoms with E-state index in [1.165, 1.54) is 0 Å². The molecule has 0 unspecified atom stereocenters. The van der Waals surface area contributed by atoms with Crippen LogP contribution < -0.4 is 15.4 Å². The lowest BCUT2D eigenvalue weighted by atomic mass is 9.96. The number of rotatable bonds is 8. The van der Waals surface area contributed by atoms with Crippen LogP contribution in [-0.2, 0) is 4.79 Å². The van der Waals surface area contributed by atoms with Crippen molar-refractivity contribution in [2.45, 2.75) is 18.9 Å². The number of nitrogens with zero attached hydrogens (tertiary/aromatic N) is 1. The molecule has 0 saturated carbocycles. The maximum Gasteiger partial charge on any atom is 0.315 e. The minimum absolute atomic E-state index is 0.00145. The summed E-state index contributed by atoms with van der Waals surface area (Å²) >= 11 is 0. The van der Waals surface area contributed by atoms with Crippen LogP contribution in [0.1, 0.15) is 30.0 Å². The Labute approximate surface area is 200 Å². The summed E-state index contributed by atoms with van der Waals surface area (Å²) in [5.41, 5.74) is 2.07. The molecule has 2 N–H and O–H groups in total. The number of hydrogen-bond donors (Lipinski definition) is 2. The zero-order chi connectivity index (χ0) is 23.6. The van der Waals surface area contributed by atoms with E-state index in [2.05, 4.69) is 10.6 Å². The van der Waals surface area contributed by atoms with E-state index in [0.29, 0.717) is 31.3 Å². The van der Waals surface area contributed by atoms with E-state index < -0.39 is 0 Å². The summed E-state index contributed by atoms with van der Waals surface area (Å²) < 4.78 is 5.58. The summed E-state index contributed by atoms with van der Waals surface area (Å²) in [7, 11) is 0. The highest BCUT2D eigenvalue weighted by molar-refractivity contribution is 5.78. The van der Waals surface area contributed by atoms with Gasteiger partial charge in [-0.3, -0.25) is 4.79 Å². The number of ether oxygens (including phenoxy) is 1. The maximum absolute atomic E-state index is 12.7. The first-order valence-electron chi connectivity index (χ1n) is 11.8. The van der Waals surface area contributed by atoms with Crippen molar-refractivity contribution in [1.29, 1.82) is 0 Å². The molecular formula is C28H31N3O3. The van der Waals surface area contributed by atoms with Crippen molar-refractivity contribution in [3.8, 4) is 5.75 Å². The topological polar surface area (TPSA) is 70.7 Å². The fraction of sp³-hybridized carbons (Fsp3) is 0.286. The molecule has 3 aromatic carbocycles. The van der Waals surface area contributed by atoms with Crippen molar-refractivity contribution in [3.63, 3.8) is 0 Å². The number of hydrogen-bond acceptors (Lipinski definition) is 3. The normalized spacial score (nSPS) is 14.0. The Kier molecular flexibility index (Phi) is 8.17.